The van der Waals surface area contributed by atoms with Crippen molar-refractivity contribution >= 4 is 45.8 Å². The highest BCUT2D eigenvalue weighted by Gasteiger charge is 2.21. The monoisotopic (exact) mass is 529 g/mol. The fourth-order valence-electron chi connectivity index (χ4n) is 3.49. The molecule has 37 heavy (non-hydrogen) atoms. The third kappa shape index (κ3) is 4.97. The van der Waals surface area contributed by atoms with Crippen LogP contribution in [0.3, 0.4) is 0 Å². The number of hydrogen-bond donors (Lipinski definition) is 2. The fourth-order valence-corrected chi connectivity index (χ4v) is 3.95. The minimum absolute atomic E-state index is 0.111. The van der Waals surface area contributed by atoms with Gasteiger partial charge in [0.1, 0.15) is 0 Å². The minimum atomic E-state index is -0.795. The number of carbonyl (C=O) groups excluding carboxylic acids is 1. The van der Waals surface area contributed by atoms with Gasteiger partial charge in [0.15, 0.2) is 11.3 Å². The van der Waals surface area contributed by atoms with Crippen molar-refractivity contribution in [1.82, 2.24) is 19.7 Å². The Hall–Kier alpha value is -4.78. The number of amides is 1. The molecule has 0 unspecified atom stereocenters. The van der Waals surface area contributed by atoms with Crippen LogP contribution in [-0.2, 0) is 0 Å². The van der Waals surface area contributed by atoms with E-state index in [1.807, 2.05) is 0 Å². The summed E-state index contributed by atoms with van der Waals surface area (Å²) in [5.74, 6) is 5.21. The summed E-state index contributed by atoms with van der Waals surface area (Å²) in [6.45, 7) is 0. The number of nitrogens with zero attached hydrogens (tertiary/aromatic N) is 5. The molecular weight excluding hydrogens is 515 g/mol. The summed E-state index contributed by atoms with van der Waals surface area (Å²) in [6, 6.07) is 13.6. The normalized spacial score (nSPS) is 10.5. The molecule has 0 aliphatic carbocycles. The number of benzene rings is 1. The summed E-state index contributed by atoms with van der Waals surface area (Å²) in [5.41, 5.74) is 1.17. The number of fused-ring (bicyclic) bond motifs is 1. The van der Waals surface area contributed by atoms with Gasteiger partial charge in [0.2, 0.25) is 17.8 Å². The molecule has 0 radical (unpaired) electrons. The lowest BCUT2D eigenvalue weighted by atomic mass is 10.1. The number of pyridine rings is 3. The van der Waals surface area contributed by atoms with Gasteiger partial charge in [-0.05, 0) is 36.4 Å². The van der Waals surface area contributed by atoms with E-state index in [2.05, 4.69) is 32.2 Å². The predicted octanol–water partition coefficient (Wildman–Crippen LogP) is 3.66. The van der Waals surface area contributed by atoms with Gasteiger partial charge in [-0.1, -0.05) is 41.1 Å². The van der Waals surface area contributed by atoms with Gasteiger partial charge in [-0.25, -0.2) is 9.67 Å². The molecule has 0 bridgehead atoms. The second-order valence-corrected chi connectivity index (χ2v) is 8.48. The van der Waals surface area contributed by atoms with Crippen molar-refractivity contribution in [2.24, 2.45) is 0 Å². The van der Waals surface area contributed by atoms with Gasteiger partial charge in [0, 0.05) is 35.0 Å². The zero-order chi connectivity index (χ0) is 25.9. The molecule has 11 heteroatoms. The van der Waals surface area contributed by atoms with Gasteiger partial charge in [-0.15, -0.1) is 0 Å². The largest absolute Gasteiger partial charge is 0.318 e. The van der Waals surface area contributed by atoms with Crippen molar-refractivity contribution < 1.29 is 14.7 Å². The number of halogens is 2. The topological polar surface area (TPSA) is 114 Å². The average molecular weight is 530 g/mol. The number of hydrogen-bond acceptors (Lipinski definition) is 6. The van der Waals surface area contributed by atoms with E-state index >= 15 is 0 Å². The molecule has 0 aliphatic heterocycles. The first-order chi connectivity index (χ1) is 17.9. The Labute approximate surface area is 219 Å². The van der Waals surface area contributed by atoms with E-state index in [4.69, 9.17) is 23.2 Å². The van der Waals surface area contributed by atoms with Crippen molar-refractivity contribution in [2.75, 3.05) is 5.32 Å². The molecule has 1 amide bonds. The molecule has 1 aromatic carbocycles. The van der Waals surface area contributed by atoms with Crippen LogP contribution in [0.1, 0.15) is 21.6 Å². The molecule has 0 fully saturated rings. The Kier molecular flexibility index (Phi) is 6.51. The Morgan fingerprint density at radius 1 is 1.03 bits per heavy atom. The molecule has 180 valence electrons. The van der Waals surface area contributed by atoms with Crippen LogP contribution in [-0.4, -0.2) is 30.9 Å². The quantitative estimate of drug-likeness (QED) is 0.209. The first-order valence-corrected chi connectivity index (χ1v) is 11.5. The Balaban J connectivity index is 1.60. The van der Waals surface area contributed by atoms with Crippen LogP contribution >= 0.6 is 23.2 Å². The highest BCUT2D eigenvalue weighted by Crippen LogP contribution is 2.29. The molecule has 5 aromatic rings. The van der Waals surface area contributed by atoms with Crippen LogP contribution in [0.2, 0.25) is 10.0 Å². The molecule has 0 saturated heterocycles. The molecule has 9 nitrogen and oxygen atoms in total. The van der Waals surface area contributed by atoms with E-state index in [9.17, 15) is 14.8 Å². The van der Waals surface area contributed by atoms with Gasteiger partial charge in [-0.3, -0.25) is 19.8 Å². The second-order valence-electron chi connectivity index (χ2n) is 7.67. The van der Waals surface area contributed by atoms with Crippen molar-refractivity contribution in [2.45, 2.75) is 0 Å². The van der Waals surface area contributed by atoms with Crippen molar-refractivity contribution in [3.8, 4) is 17.5 Å². The second kappa shape index (κ2) is 10.1. The van der Waals surface area contributed by atoms with Crippen molar-refractivity contribution in [1.29, 1.82) is 0 Å². The zero-order valence-electron chi connectivity index (χ0n) is 18.8. The Morgan fingerprint density at radius 3 is 2.57 bits per heavy atom. The molecular formula is C26H15Cl2N6O3+. The molecule has 4 aromatic heterocycles. The average Bonchev–Trinajstić information content (AvgIpc) is 2.90. The summed E-state index contributed by atoms with van der Waals surface area (Å²) in [6.07, 6.45) is 7.13. The maximum Gasteiger partial charge on any atom is 0.280 e. The Morgan fingerprint density at radius 2 is 1.78 bits per heavy atom. The van der Waals surface area contributed by atoms with Gasteiger partial charge in [0.05, 0.1) is 32.4 Å². The van der Waals surface area contributed by atoms with Crippen LogP contribution in [0, 0.1) is 11.8 Å². The smallest absolute Gasteiger partial charge is 0.280 e. The van der Waals surface area contributed by atoms with Crippen LogP contribution < -0.4 is 15.5 Å². The van der Waals surface area contributed by atoms with Gasteiger partial charge in [-0.2, -0.15) is 5.10 Å². The third-order valence-corrected chi connectivity index (χ3v) is 5.76. The first-order valence-electron chi connectivity index (χ1n) is 10.7. The van der Waals surface area contributed by atoms with E-state index in [1.54, 1.807) is 48.5 Å². The summed E-state index contributed by atoms with van der Waals surface area (Å²) < 4.78 is 2.32. The number of carbonyl (C=O) groups is 1. The standard InChI is InChI=1S/C26H14Cl2N6O3/c27-20-13-29-14-21(28)22(20)31-26(36)23-24(35)19-7-2-10-30-25(19)34(32-23)18-6-1-4-16(12-18)8-9-17-5-3-11-33(37)15-17/h1-7,10-15H,(H-,29,31,36,37)/p+1. The first kappa shape index (κ1) is 23.9. The highest BCUT2D eigenvalue weighted by molar-refractivity contribution is 6.39. The van der Waals surface area contributed by atoms with E-state index in [0.717, 1.165) is 4.73 Å². The number of anilines is 1. The number of nitrogens with one attached hydrogen (secondary N) is 1. The third-order valence-electron chi connectivity index (χ3n) is 5.18. The van der Waals surface area contributed by atoms with Crippen LogP contribution in [0.4, 0.5) is 5.69 Å². The van der Waals surface area contributed by atoms with Crippen LogP contribution in [0.15, 0.2) is 84.3 Å². The molecule has 5 rings (SSSR count). The van der Waals surface area contributed by atoms with E-state index in [0.29, 0.717) is 16.8 Å². The number of aromatic nitrogens is 5. The molecule has 0 aliphatic rings. The minimum Gasteiger partial charge on any atom is -0.318 e. The fraction of sp³-hybridized carbons (Fsp3) is 0. The van der Waals surface area contributed by atoms with E-state index in [-0.39, 0.29) is 32.5 Å². The lowest BCUT2D eigenvalue weighted by Gasteiger charge is -2.12. The lowest BCUT2D eigenvalue weighted by Crippen LogP contribution is -2.28. The molecule has 0 atom stereocenters. The predicted molar refractivity (Wildman–Crippen MR) is 137 cm³/mol. The van der Waals surface area contributed by atoms with Gasteiger partial charge < -0.3 is 5.32 Å². The molecule has 4 heterocycles. The van der Waals surface area contributed by atoms with Crippen molar-refractivity contribution in [3.05, 3.63) is 117 Å². The summed E-state index contributed by atoms with van der Waals surface area (Å²) >= 11 is 12.2. The summed E-state index contributed by atoms with van der Waals surface area (Å²) in [5, 5.41) is 16.9. The highest BCUT2D eigenvalue weighted by atomic mass is 35.5. The lowest BCUT2D eigenvalue weighted by molar-refractivity contribution is -0.904. The maximum absolute atomic E-state index is 13.2. The van der Waals surface area contributed by atoms with E-state index in [1.165, 1.54) is 35.7 Å². The van der Waals surface area contributed by atoms with E-state index < -0.39 is 11.3 Å². The Bertz CT molecular complexity index is 1790. The van der Waals surface area contributed by atoms with Crippen LogP contribution in [0.5, 0.6) is 0 Å². The van der Waals surface area contributed by atoms with Gasteiger partial charge >= 0.3 is 0 Å². The SMILES string of the molecule is O=C(Nc1c(Cl)cncc1Cl)c1nn(-c2cccc(C#Cc3ccc[n+](O)c3)c2)c2ncccc2c1=O. The van der Waals surface area contributed by atoms with Gasteiger partial charge in [0.25, 0.3) is 5.91 Å². The van der Waals surface area contributed by atoms with Crippen LogP contribution in [0.25, 0.3) is 16.7 Å². The maximum atomic E-state index is 13.2. The van der Waals surface area contributed by atoms with Crippen molar-refractivity contribution in [3.63, 3.8) is 0 Å². The zero-order valence-corrected chi connectivity index (χ0v) is 20.3. The molecule has 0 saturated carbocycles. The summed E-state index contributed by atoms with van der Waals surface area (Å²) in [7, 11) is 0. The number of rotatable bonds is 3. The summed E-state index contributed by atoms with van der Waals surface area (Å²) in [4.78, 5) is 34.5. The molecule has 2 N–H and O–H groups in total. The molecule has 0 spiro atoms.